The fourth-order valence-electron chi connectivity index (χ4n) is 2.32. The normalized spacial score (nSPS) is 11.3. The summed E-state index contributed by atoms with van der Waals surface area (Å²) >= 11 is 0. The van der Waals surface area contributed by atoms with Crippen LogP contribution in [0.4, 0.5) is 23.1 Å². The molecule has 0 saturated heterocycles. The zero-order valence-electron chi connectivity index (χ0n) is 22.9. The van der Waals surface area contributed by atoms with Crippen LogP contribution in [0.1, 0.15) is 62.3 Å². The molecule has 0 fully saturated rings. The lowest BCUT2D eigenvalue weighted by atomic mass is 10.2. The number of hydrazine groups is 1. The van der Waals surface area contributed by atoms with Gasteiger partial charge in [-0.15, -0.1) is 0 Å². The van der Waals surface area contributed by atoms with Gasteiger partial charge in [0, 0.05) is 17.7 Å². The fourth-order valence-corrected chi connectivity index (χ4v) is 2.32. The zero-order chi connectivity index (χ0) is 27.6. The standard InChI is InChI=1S/C16H22N6O.C6H10O2.2C2H6/c1-4-6-11(2)20-16-19-10-14(17)15(21-16)22(18)12-7-5-8-13(9-12)23-3;1-4(5(2)7)6(3)8;2*1-2/h4-11H,17-18H2,1-3H3,(H,19,20,21);7H,1-3H3;2*1-2H3/b6-4-;5-4-;;. The van der Waals surface area contributed by atoms with Gasteiger partial charge in [0.05, 0.1) is 30.4 Å². The number of allylic oxidation sites excluding steroid dienone is 3. The van der Waals surface area contributed by atoms with E-state index in [0.29, 0.717) is 34.5 Å². The van der Waals surface area contributed by atoms with E-state index in [1.807, 2.05) is 71.9 Å². The summed E-state index contributed by atoms with van der Waals surface area (Å²) in [5.41, 5.74) is 7.50. The molecular weight excluding hydrogens is 444 g/mol. The number of aliphatic hydroxyl groups is 1. The van der Waals surface area contributed by atoms with Crippen molar-refractivity contribution in [1.29, 1.82) is 0 Å². The van der Waals surface area contributed by atoms with E-state index in [-0.39, 0.29) is 17.6 Å². The topological polar surface area (TPSA) is 140 Å². The summed E-state index contributed by atoms with van der Waals surface area (Å²) in [6.07, 6.45) is 5.50. The van der Waals surface area contributed by atoms with Gasteiger partial charge in [0.25, 0.3) is 0 Å². The number of nitrogen functional groups attached to an aromatic ring is 1. The maximum atomic E-state index is 10.4. The molecule has 0 bridgehead atoms. The molecule has 35 heavy (non-hydrogen) atoms. The summed E-state index contributed by atoms with van der Waals surface area (Å²) < 4.78 is 5.21. The number of ether oxygens (including phenoxy) is 1. The minimum atomic E-state index is -0.0787. The number of carbonyl (C=O) groups excluding carboxylic acids is 1. The molecule has 1 aromatic heterocycles. The van der Waals surface area contributed by atoms with E-state index >= 15 is 0 Å². The Kier molecular flexibility index (Phi) is 18.0. The van der Waals surface area contributed by atoms with E-state index < -0.39 is 0 Å². The molecule has 1 aromatic carbocycles. The molecule has 0 amide bonds. The van der Waals surface area contributed by atoms with Crippen molar-refractivity contribution in [2.45, 2.75) is 68.4 Å². The van der Waals surface area contributed by atoms with Crippen LogP contribution in [0.3, 0.4) is 0 Å². The Bertz CT molecular complexity index is 940. The van der Waals surface area contributed by atoms with Gasteiger partial charge in [-0.3, -0.25) is 9.80 Å². The maximum absolute atomic E-state index is 10.4. The average Bonchev–Trinajstić information content (AvgIpc) is 2.87. The number of benzene rings is 1. The first-order chi connectivity index (χ1) is 16.6. The molecule has 0 radical (unpaired) electrons. The molecule has 1 unspecified atom stereocenters. The number of nitrogens with zero attached hydrogens (tertiary/aromatic N) is 3. The molecule has 2 rings (SSSR count). The quantitative estimate of drug-likeness (QED) is 0.123. The predicted molar refractivity (Wildman–Crippen MR) is 148 cm³/mol. The molecule has 0 aliphatic carbocycles. The third kappa shape index (κ3) is 12.4. The van der Waals surface area contributed by atoms with Gasteiger partial charge in [-0.05, 0) is 46.8 Å². The molecule has 9 nitrogen and oxygen atoms in total. The van der Waals surface area contributed by atoms with Crippen molar-refractivity contribution in [3.63, 3.8) is 0 Å². The van der Waals surface area contributed by atoms with Crippen molar-refractivity contribution in [1.82, 2.24) is 9.97 Å². The van der Waals surface area contributed by atoms with Gasteiger partial charge in [0.1, 0.15) is 5.75 Å². The lowest BCUT2D eigenvalue weighted by Crippen LogP contribution is -2.28. The van der Waals surface area contributed by atoms with Crippen LogP contribution in [-0.4, -0.2) is 34.0 Å². The van der Waals surface area contributed by atoms with Crippen molar-refractivity contribution in [2.75, 3.05) is 23.2 Å². The number of rotatable bonds is 7. The van der Waals surface area contributed by atoms with Crippen LogP contribution in [-0.2, 0) is 4.79 Å². The second-order valence-corrected chi connectivity index (χ2v) is 6.77. The Morgan fingerprint density at radius 1 is 1.20 bits per heavy atom. The second-order valence-electron chi connectivity index (χ2n) is 6.77. The van der Waals surface area contributed by atoms with Gasteiger partial charge >= 0.3 is 0 Å². The highest BCUT2D eigenvalue weighted by Gasteiger charge is 2.13. The largest absolute Gasteiger partial charge is 0.512 e. The Balaban J connectivity index is 0. The second kappa shape index (κ2) is 18.8. The summed E-state index contributed by atoms with van der Waals surface area (Å²) in [5, 5.41) is 13.2. The summed E-state index contributed by atoms with van der Waals surface area (Å²) in [4.78, 5) is 19.0. The summed E-state index contributed by atoms with van der Waals surface area (Å²) in [5.74, 6) is 7.77. The lowest BCUT2D eigenvalue weighted by Gasteiger charge is -2.20. The van der Waals surface area contributed by atoms with E-state index in [2.05, 4.69) is 15.3 Å². The molecule has 2 aromatic rings. The summed E-state index contributed by atoms with van der Waals surface area (Å²) in [7, 11) is 1.60. The van der Waals surface area contributed by atoms with Crippen LogP contribution in [0.25, 0.3) is 0 Å². The van der Waals surface area contributed by atoms with Crippen LogP contribution in [0.5, 0.6) is 5.75 Å². The average molecular weight is 489 g/mol. The van der Waals surface area contributed by atoms with Crippen molar-refractivity contribution < 1.29 is 14.6 Å². The Morgan fingerprint density at radius 3 is 2.26 bits per heavy atom. The predicted octanol–water partition coefficient (Wildman–Crippen LogP) is 5.94. The van der Waals surface area contributed by atoms with Crippen molar-refractivity contribution >= 4 is 28.9 Å². The number of ketones is 1. The van der Waals surface area contributed by atoms with Gasteiger partial charge in [-0.25, -0.2) is 10.8 Å². The van der Waals surface area contributed by atoms with E-state index in [9.17, 15) is 4.79 Å². The van der Waals surface area contributed by atoms with E-state index in [4.69, 9.17) is 21.4 Å². The highest BCUT2D eigenvalue weighted by molar-refractivity contribution is 5.92. The van der Waals surface area contributed by atoms with Gasteiger partial charge < -0.3 is 20.9 Å². The molecule has 196 valence electrons. The number of carbonyl (C=O) groups is 1. The lowest BCUT2D eigenvalue weighted by molar-refractivity contribution is -0.113. The highest BCUT2D eigenvalue weighted by Crippen LogP contribution is 2.28. The number of nitrogens with two attached hydrogens (primary N) is 2. The number of nitrogens with one attached hydrogen (secondary N) is 1. The molecule has 0 saturated carbocycles. The SMILES string of the molecule is C/C=C\C(C)Nc1ncc(N)c(N(N)c2cccc(OC)c2)n1.CC.CC.CC(=O)/C(C)=C(/C)O. The smallest absolute Gasteiger partial charge is 0.225 e. The molecule has 0 aliphatic heterocycles. The van der Waals surface area contributed by atoms with Gasteiger partial charge in [0.2, 0.25) is 5.95 Å². The molecule has 0 spiro atoms. The van der Waals surface area contributed by atoms with Crippen LogP contribution in [0.2, 0.25) is 0 Å². The molecule has 0 aliphatic rings. The molecule has 9 heteroatoms. The van der Waals surface area contributed by atoms with Crippen LogP contribution in [0.15, 0.2) is 53.9 Å². The Hall–Kier alpha value is -3.59. The Morgan fingerprint density at radius 2 is 1.80 bits per heavy atom. The molecule has 1 heterocycles. The van der Waals surface area contributed by atoms with E-state index in [1.165, 1.54) is 25.1 Å². The van der Waals surface area contributed by atoms with E-state index in [0.717, 1.165) is 0 Å². The summed E-state index contributed by atoms with van der Waals surface area (Å²) in [6, 6.07) is 7.43. The van der Waals surface area contributed by atoms with Crippen LogP contribution >= 0.6 is 0 Å². The molecule has 1 atom stereocenters. The zero-order valence-corrected chi connectivity index (χ0v) is 22.9. The number of anilines is 4. The first kappa shape index (κ1) is 33.6. The number of Topliss-reactive ketones (excluding diaryl/α,β-unsaturated/α-hetero) is 1. The van der Waals surface area contributed by atoms with Gasteiger partial charge in [-0.2, -0.15) is 4.98 Å². The monoisotopic (exact) mass is 488 g/mol. The minimum absolute atomic E-state index is 0.0787. The molecule has 6 N–H and O–H groups in total. The number of hydrogen-bond acceptors (Lipinski definition) is 9. The first-order valence-electron chi connectivity index (χ1n) is 11.7. The van der Waals surface area contributed by atoms with Gasteiger partial charge in [-0.1, -0.05) is 45.9 Å². The van der Waals surface area contributed by atoms with Gasteiger partial charge in [0.15, 0.2) is 11.6 Å². The minimum Gasteiger partial charge on any atom is -0.512 e. The van der Waals surface area contributed by atoms with Crippen LogP contribution in [0, 0.1) is 0 Å². The number of aliphatic hydroxyl groups excluding tert-OH is 1. The third-order valence-corrected chi connectivity index (χ3v) is 4.26. The fraction of sp³-hybridized carbons (Fsp3) is 0.423. The third-order valence-electron chi connectivity index (χ3n) is 4.26. The van der Waals surface area contributed by atoms with Crippen molar-refractivity contribution in [3.05, 3.63) is 53.9 Å². The Labute approximate surface area is 210 Å². The van der Waals surface area contributed by atoms with Crippen LogP contribution < -0.4 is 26.6 Å². The highest BCUT2D eigenvalue weighted by atomic mass is 16.5. The number of aromatic nitrogens is 2. The van der Waals surface area contributed by atoms with Crippen molar-refractivity contribution in [2.24, 2.45) is 5.84 Å². The number of methoxy groups -OCH3 is 1. The first-order valence-corrected chi connectivity index (χ1v) is 11.7. The summed E-state index contributed by atoms with van der Waals surface area (Å²) in [6.45, 7) is 16.5. The molecular formula is C26H44N6O3. The number of hydrogen-bond donors (Lipinski definition) is 4. The van der Waals surface area contributed by atoms with E-state index in [1.54, 1.807) is 20.1 Å². The van der Waals surface area contributed by atoms with Crippen molar-refractivity contribution in [3.8, 4) is 5.75 Å². The maximum Gasteiger partial charge on any atom is 0.225 e.